The van der Waals surface area contributed by atoms with Crippen molar-refractivity contribution in [3.8, 4) is 0 Å². The smallest absolute Gasteiger partial charge is 0.306 e. The summed E-state index contributed by atoms with van der Waals surface area (Å²) in [6.45, 7) is 6.50. The number of unbranched alkanes of at least 4 members (excludes halogenated alkanes) is 37. The van der Waals surface area contributed by atoms with Crippen LogP contribution in [0.15, 0.2) is 72.9 Å². The maximum Gasteiger partial charge on any atom is 0.306 e. The van der Waals surface area contributed by atoms with Gasteiger partial charge in [0.15, 0.2) is 6.10 Å². The van der Waals surface area contributed by atoms with Gasteiger partial charge in [0.1, 0.15) is 13.2 Å². The van der Waals surface area contributed by atoms with Gasteiger partial charge in [-0.25, -0.2) is 0 Å². The number of hydrogen-bond acceptors (Lipinski definition) is 6. The maximum absolute atomic E-state index is 12.9. The SMILES string of the molecule is CC/C=C\C/C=C\C/C=C\CCCCCCCC(=O)OC(COC(=O)CCCCCCC/C=C\CCCCC)COC(=O)CCCCCCCCCCCCCCCCCCCCC/C=C\C/C=C\CCCCCCC. The third kappa shape index (κ3) is 61.7. The molecule has 0 heterocycles. The van der Waals surface area contributed by atoms with Crippen LogP contribution >= 0.6 is 0 Å². The third-order valence-electron chi connectivity index (χ3n) is 14.4. The van der Waals surface area contributed by atoms with Gasteiger partial charge in [0, 0.05) is 19.3 Å². The van der Waals surface area contributed by atoms with E-state index in [-0.39, 0.29) is 31.1 Å². The fourth-order valence-corrected chi connectivity index (χ4v) is 9.48. The average Bonchev–Trinajstić information content (AvgIpc) is 3.42. The molecule has 0 radical (unpaired) electrons. The fraction of sp³-hybridized carbons (Fsp3) is 0.786. The molecule has 0 rings (SSSR count). The van der Waals surface area contributed by atoms with E-state index in [0.717, 1.165) is 109 Å². The lowest BCUT2D eigenvalue weighted by molar-refractivity contribution is -0.167. The van der Waals surface area contributed by atoms with Crippen LogP contribution in [0.25, 0.3) is 0 Å². The van der Waals surface area contributed by atoms with E-state index in [2.05, 4.69) is 93.7 Å². The number of carbonyl (C=O) groups is 3. The molecule has 0 fully saturated rings. The van der Waals surface area contributed by atoms with E-state index in [1.807, 2.05) is 0 Å². The molecule has 6 nitrogen and oxygen atoms in total. The molecule has 76 heavy (non-hydrogen) atoms. The summed E-state index contributed by atoms with van der Waals surface area (Å²) in [5.41, 5.74) is 0. The van der Waals surface area contributed by atoms with Crippen molar-refractivity contribution in [3.63, 3.8) is 0 Å². The molecule has 0 saturated heterocycles. The minimum absolute atomic E-state index is 0.0824. The van der Waals surface area contributed by atoms with E-state index in [0.29, 0.717) is 19.3 Å². The van der Waals surface area contributed by atoms with Crippen molar-refractivity contribution < 1.29 is 28.6 Å². The molecule has 0 spiro atoms. The van der Waals surface area contributed by atoms with Crippen molar-refractivity contribution in [1.82, 2.24) is 0 Å². The van der Waals surface area contributed by atoms with E-state index >= 15 is 0 Å². The molecule has 0 aliphatic carbocycles. The Labute approximate surface area is 472 Å². The molecule has 1 unspecified atom stereocenters. The van der Waals surface area contributed by atoms with Gasteiger partial charge in [-0.1, -0.05) is 280 Å². The van der Waals surface area contributed by atoms with Crippen LogP contribution < -0.4 is 0 Å². The van der Waals surface area contributed by atoms with Crippen LogP contribution in [-0.4, -0.2) is 37.2 Å². The molecule has 0 aromatic rings. The van der Waals surface area contributed by atoms with Gasteiger partial charge in [0.2, 0.25) is 0 Å². The maximum atomic E-state index is 12.9. The Bertz CT molecular complexity index is 1400. The highest BCUT2D eigenvalue weighted by Gasteiger charge is 2.19. The van der Waals surface area contributed by atoms with Crippen molar-refractivity contribution in [2.45, 2.75) is 341 Å². The van der Waals surface area contributed by atoms with Gasteiger partial charge >= 0.3 is 17.9 Å². The van der Waals surface area contributed by atoms with Crippen molar-refractivity contribution in [3.05, 3.63) is 72.9 Å². The number of allylic oxidation sites excluding steroid dienone is 12. The molecule has 0 amide bonds. The summed E-state index contributed by atoms with van der Waals surface area (Å²) >= 11 is 0. The first-order valence-corrected chi connectivity index (χ1v) is 32.9. The summed E-state index contributed by atoms with van der Waals surface area (Å²) in [7, 11) is 0. The summed E-state index contributed by atoms with van der Waals surface area (Å²) in [6, 6.07) is 0. The van der Waals surface area contributed by atoms with E-state index < -0.39 is 6.10 Å². The first-order chi connectivity index (χ1) is 37.5. The number of carbonyl (C=O) groups excluding carboxylic acids is 3. The fourth-order valence-electron chi connectivity index (χ4n) is 9.48. The van der Waals surface area contributed by atoms with Crippen LogP contribution in [0.4, 0.5) is 0 Å². The predicted octanol–water partition coefficient (Wildman–Crippen LogP) is 22.5. The van der Waals surface area contributed by atoms with Crippen molar-refractivity contribution in [1.29, 1.82) is 0 Å². The zero-order valence-electron chi connectivity index (χ0n) is 50.5. The summed E-state index contributed by atoms with van der Waals surface area (Å²) in [5.74, 6) is -0.896. The summed E-state index contributed by atoms with van der Waals surface area (Å²) in [5, 5.41) is 0. The van der Waals surface area contributed by atoms with Crippen molar-refractivity contribution in [2.75, 3.05) is 13.2 Å². The van der Waals surface area contributed by atoms with Crippen LogP contribution in [0.5, 0.6) is 0 Å². The number of rotatable bonds is 60. The largest absolute Gasteiger partial charge is 0.462 e. The molecule has 0 aliphatic rings. The van der Waals surface area contributed by atoms with Gasteiger partial charge < -0.3 is 14.2 Å². The average molecular weight is 1060 g/mol. The predicted molar refractivity (Wildman–Crippen MR) is 330 cm³/mol. The molecule has 0 aromatic carbocycles. The van der Waals surface area contributed by atoms with Crippen LogP contribution in [0.1, 0.15) is 335 Å². The van der Waals surface area contributed by atoms with Crippen molar-refractivity contribution >= 4 is 17.9 Å². The Balaban J connectivity index is 4.14. The van der Waals surface area contributed by atoms with Gasteiger partial charge in [-0.05, 0) is 109 Å². The minimum Gasteiger partial charge on any atom is -0.462 e. The Morgan fingerprint density at radius 3 is 0.842 bits per heavy atom. The van der Waals surface area contributed by atoms with E-state index in [4.69, 9.17) is 14.2 Å². The van der Waals surface area contributed by atoms with Gasteiger partial charge in [-0.3, -0.25) is 14.4 Å². The third-order valence-corrected chi connectivity index (χ3v) is 14.4. The molecule has 6 heteroatoms. The molecule has 0 N–H and O–H groups in total. The van der Waals surface area contributed by atoms with E-state index in [9.17, 15) is 14.4 Å². The van der Waals surface area contributed by atoms with Crippen LogP contribution in [0.3, 0.4) is 0 Å². The van der Waals surface area contributed by atoms with Crippen LogP contribution in [0.2, 0.25) is 0 Å². The normalized spacial score (nSPS) is 12.5. The lowest BCUT2D eigenvalue weighted by atomic mass is 10.0. The van der Waals surface area contributed by atoms with Crippen molar-refractivity contribution in [2.24, 2.45) is 0 Å². The molecule has 440 valence electrons. The highest BCUT2D eigenvalue weighted by molar-refractivity contribution is 5.71. The standard InChI is InChI=1S/C70H124O6/c1-4-7-10-13-16-19-22-25-27-28-29-30-31-32-33-34-35-36-37-38-39-40-41-42-44-45-48-51-54-57-60-63-69(72)75-66-67(65-74-68(71)62-59-56-53-50-47-24-21-18-15-12-9-6-3)76-70(73)64-61-58-55-52-49-46-43-26-23-20-17-14-11-8-5-2/h8,11,17-18,20-22,25-26,28-29,43,67H,4-7,9-10,12-16,19,23-24,27,30-42,44-66H2,1-3H3/b11-8-,20-17-,21-18-,25-22-,29-28-,43-26-. The zero-order valence-corrected chi connectivity index (χ0v) is 50.5. The lowest BCUT2D eigenvalue weighted by Crippen LogP contribution is -2.30. The summed E-state index contributed by atoms with van der Waals surface area (Å²) < 4.78 is 16.9. The Morgan fingerprint density at radius 1 is 0.276 bits per heavy atom. The lowest BCUT2D eigenvalue weighted by Gasteiger charge is -2.18. The van der Waals surface area contributed by atoms with Crippen LogP contribution in [0, 0.1) is 0 Å². The highest BCUT2D eigenvalue weighted by atomic mass is 16.6. The molecular formula is C70H124O6. The first-order valence-electron chi connectivity index (χ1n) is 32.9. The number of esters is 3. The van der Waals surface area contributed by atoms with Gasteiger partial charge in [0.25, 0.3) is 0 Å². The number of hydrogen-bond donors (Lipinski definition) is 0. The second kappa shape index (κ2) is 64.4. The second-order valence-corrected chi connectivity index (χ2v) is 22.0. The zero-order chi connectivity index (χ0) is 55.0. The molecular weight excluding hydrogens is 937 g/mol. The Morgan fingerprint density at radius 2 is 0.513 bits per heavy atom. The first kappa shape index (κ1) is 72.8. The molecule has 0 aliphatic heterocycles. The minimum atomic E-state index is -0.787. The molecule has 0 aromatic heterocycles. The van der Waals surface area contributed by atoms with Gasteiger partial charge in [-0.15, -0.1) is 0 Å². The van der Waals surface area contributed by atoms with E-state index in [1.165, 1.54) is 186 Å². The Hall–Kier alpha value is -3.15. The number of ether oxygens (including phenoxy) is 3. The molecule has 0 bridgehead atoms. The topological polar surface area (TPSA) is 78.9 Å². The Kier molecular flexibility index (Phi) is 61.7. The van der Waals surface area contributed by atoms with E-state index in [1.54, 1.807) is 0 Å². The van der Waals surface area contributed by atoms with Gasteiger partial charge in [0.05, 0.1) is 0 Å². The monoisotopic (exact) mass is 1060 g/mol. The quantitative estimate of drug-likeness (QED) is 0.0261. The summed E-state index contributed by atoms with van der Waals surface area (Å²) in [6.07, 6.45) is 83.6. The molecule has 0 saturated carbocycles. The van der Waals surface area contributed by atoms with Crippen LogP contribution in [-0.2, 0) is 28.6 Å². The summed E-state index contributed by atoms with van der Waals surface area (Å²) in [4.78, 5) is 38.2. The highest BCUT2D eigenvalue weighted by Crippen LogP contribution is 2.17. The second-order valence-electron chi connectivity index (χ2n) is 22.0. The molecule has 1 atom stereocenters. The van der Waals surface area contributed by atoms with Gasteiger partial charge in [-0.2, -0.15) is 0 Å².